The second-order valence-corrected chi connectivity index (χ2v) is 5.63. The molecule has 3 heterocycles. The summed E-state index contributed by atoms with van der Waals surface area (Å²) in [5.41, 5.74) is 0. The zero-order valence-electron chi connectivity index (χ0n) is 10.1. The van der Waals surface area contributed by atoms with Crippen molar-refractivity contribution in [3.05, 3.63) is 23.3 Å². The number of nitrogens with zero attached hydrogens (tertiary/aromatic N) is 3. The highest BCUT2D eigenvalue weighted by atomic mass is 32.1. The van der Waals surface area contributed by atoms with Crippen LogP contribution >= 0.6 is 11.3 Å². The zero-order valence-corrected chi connectivity index (χ0v) is 10.9. The first-order valence-corrected chi connectivity index (χ1v) is 6.85. The van der Waals surface area contributed by atoms with Crippen LogP contribution in [0.4, 0.5) is 0 Å². The highest BCUT2D eigenvalue weighted by molar-refractivity contribution is 7.13. The van der Waals surface area contributed by atoms with Gasteiger partial charge in [0.2, 0.25) is 0 Å². The average Bonchev–Trinajstić information content (AvgIpc) is 2.96. The molecule has 2 aromatic rings. The molecule has 0 bridgehead atoms. The van der Waals surface area contributed by atoms with Crippen molar-refractivity contribution in [2.24, 2.45) is 5.92 Å². The van der Waals surface area contributed by atoms with Crippen molar-refractivity contribution < 1.29 is 0 Å². The molecule has 1 aliphatic rings. The Kier molecular flexibility index (Phi) is 2.72. The minimum atomic E-state index is 0.324. The molecule has 17 heavy (non-hydrogen) atoms. The van der Waals surface area contributed by atoms with E-state index in [4.69, 9.17) is 0 Å². The van der Waals surface area contributed by atoms with E-state index < -0.39 is 0 Å². The van der Waals surface area contributed by atoms with E-state index in [9.17, 15) is 0 Å². The van der Waals surface area contributed by atoms with Crippen LogP contribution in [-0.2, 0) is 6.54 Å². The third-order valence-electron chi connectivity index (χ3n) is 3.17. The molecule has 90 valence electrons. The van der Waals surface area contributed by atoms with Crippen LogP contribution in [0.1, 0.15) is 25.7 Å². The van der Waals surface area contributed by atoms with Gasteiger partial charge in [0.15, 0.2) is 11.6 Å². The Balaban J connectivity index is 2.05. The summed E-state index contributed by atoms with van der Waals surface area (Å²) in [6.45, 7) is 6.38. The molecule has 1 N–H and O–H groups in total. The summed E-state index contributed by atoms with van der Waals surface area (Å²) in [5.74, 6) is 2.63. The standard InChI is InChI=1S/C12H16N4S/c1-8(2)10-12-15-14-11(9-4-3-7-17-9)16(12)6-5-13-10/h3-4,7-8,10,13H,5-6H2,1-2H3. The van der Waals surface area contributed by atoms with Gasteiger partial charge in [0.25, 0.3) is 0 Å². The summed E-state index contributed by atoms with van der Waals surface area (Å²) in [7, 11) is 0. The Morgan fingerprint density at radius 1 is 1.47 bits per heavy atom. The summed E-state index contributed by atoms with van der Waals surface area (Å²) >= 11 is 1.72. The fourth-order valence-corrected chi connectivity index (χ4v) is 3.03. The first-order valence-electron chi connectivity index (χ1n) is 5.97. The van der Waals surface area contributed by atoms with Gasteiger partial charge in [-0.1, -0.05) is 19.9 Å². The number of thiophene rings is 1. The maximum absolute atomic E-state index is 4.37. The van der Waals surface area contributed by atoms with Crippen molar-refractivity contribution in [1.82, 2.24) is 20.1 Å². The smallest absolute Gasteiger partial charge is 0.174 e. The molecule has 0 radical (unpaired) electrons. The van der Waals surface area contributed by atoms with Crippen molar-refractivity contribution in [3.8, 4) is 10.7 Å². The van der Waals surface area contributed by atoms with Crippen molar-refractivity contribution in [2.75, 3.05) is 6.54 Å². The molecule has 0 amide bonds. The van der Waals surface area contributed by atoms with Gasteiger partial charge in [-0.2, -0.15) is 0 Å². The molecule has 0 spiro atoms. The number of aromatic nitrogens is 3. The number of rotatable bonds is 2. The summed E-state index contributed by atoms with van der Waals surface area (Å²) in [6, 6.07) is 4.49. The Hall–Kier alpha value is -1.20. The molecule has 4 nitrogen and oxygen atoms in total. The lowest BCUT2D eigenvalue weighted by Crippen LogP contribution is -2.36. The Morgan fingerprint density at radius 2 is 2.35 bits per heavy atom. The van der Waals surface area contributed by atoms with Gasteiger partial charge < -0.3 is 9.88 Å². The lowest BCUT2D eigenvalue weighted by Gasteiger charge is -2.27. The predicted octanol–water partition coefficient (Wildman–Crippen LogP) is 2.31. The van der Waals surface area contributed by atoms with Crippen molar-refractivity contribution in [3.63, 3.8) is 0 Å². The van der Waals surface area contributed by atoms with Crippen molar-refractivity contribution in [1.29, 1.82) is 0 Å². The van der Waals surface area contributed by atoms with E-state index >= 15 is 0 Å². The average molecular weight is 248 g/mol. The molecular weight excluding hydrogens is 232 g/mol. The molecule has 0 saturated carbocycles. The highest BCUT2D eigenvalue weighted by Gasteiger charge is 2.27. The van der Waals surface area contributed by atoms with Crippen LogP contribution in [0, 0.1) is 5.92 Å². The summed E-state index contributed by atoms with van der Waals surface area (Å²) in [4.78, 5) is 1.20. The van der Waals surface area contributed by atoms with Gasteiger partial charge in [-0.05, 0) is 17.4 Å². The topological polar surface area (TPSA) is 42.7 Å². The van der Waals surface area contributed by atoms with Crippen LogP contribution < -0.4 is 5.32 Å². The van der Waals surface area contributed by atoms with Crippen molar-refractivity contribution >= 4 is 11.3 Å². The molecule has 0 saturated heterocycles. The lowest BCUT2D eigenvalue weighted by molar-refractivity contribution is 0.339. The minimum absolute atomic E-state index is 0.324. The van der Waals surface area contributed by atoms with Crippen LogP contribution in [0.25, 0.3) is 10.7 Å². The monoisotopic (exact) mass is 248 g/mol. The van der Waals surface area contributed by atoms with E-state index in [1.165, 1.54) is 4.88 Å². The SMILES string of the molecule is CC(C)C1NCCn2c(-c3cccs3)nnc21. The van der Waals surface area contributed by atoms with Crippen molar-refractivity contribution in [2.45, 2.75) is 26.4 Å². The Bertz CT molecular complexity index is 501. The van der Waals surface area contributed by atoms with E-state index in [0.717, 1.165) is 24.7 Å². The van der Waals surface area contributed by atoms with Gasteiger partial charge in [-0.3, -0.25) is 0 Å². The quantitative estimate of drug-likeness (QED) is 0.887. The van der Waals surface area contributed by atoms with Gasteiger partial charge in [0, 0.05) is 13.1 Å². The maximum atomic E-state index is 4.37. The molecule has 0 aromatic carbocycles. The zero-order chi connectivity index (χ0) is 11.8. The number of hydrogen-bond acceptors (Lipinski definition) is 4. The Morgan fingerprint density at radius 3 is 3.06 bits per heavy atom. The second-order valence-electron chi connectivity index (χ2n) is 4.69. The van der Waals surface area contributed by atoms with Crippen LogP contribution in [-0.4, -0.2) is 21.3 Å². The van der Waals surface area contributed by atoms with Crippen LogP contribution in [0.3, 0.4) is 0 Å². The normalized spacial score (nSPS) is 19.6. The number of fused-ring (bicyclic) bond motifs is 1. The molecule has 0 fully saturated rings. The van der Waals surface area contributed by atoms with E-state index in [-0.39, 0.29) is 0 Å². The lowest BCUT2D eigenvalue weighted by atomic mass is 10.0. The molecule has 2 aromatic heterocycles. The van der Waals surface area contributed by atoms with Gasteiger partial charge in [0.1, 0.15) is 0 Å². The molecule has 3 rings (SSSR count). The minimum Gasteiger partial charge on any atom is -0.308 e. The molecule has 1 unspecified atom stereocenters. The maximum Gasteiger partial charge on any atom is 0.174 e. The largest absolute Gasteiger partial charge is 0.308 e. The third-order valence-corrected chi connectivity index (χ3v) is 4.03. The molecule has 5 heteroatoms. The van der Waals surface area contributed by atoms with Crippen LogP contribution in [0.15, 0.2) is 17.5 Å². The molecule has 1 aliphatic heterocycles. The summed E-state index contributed by atoms with van der Waals surface area (Å²) in [5, 5.41) is 14.3. The molecule has 1 atom stereocenters. The molecule has 0 aliphatic carbocycles. The van der Waals surface area contributed by atoms with Gasteiger partial charge in [0.05, 0.1) is 10.9 Å². The molecular formula is C12H16N4S. The van der Waals surface area contributed by atoms with E-state index in [1.807, 2.05) is 0 Å². The number of hydrogen-bond donors (Lipinski definition) is 1. The summed E-state index contributed by atoms with van der Waals surface area (Å²) < 4.78 is 2.26. The van der Waals surface area contributed by atoms with Gasteiger partial charge in [-0.15, -0.1) is 21.5 Å². The second kappa shape index (κ2) is 4.23. The van der Waals surface area contributed by atoms with E-state index in [1.54, 1.807) is 11.3 Å². The number of nitrogens with one attached hydrogen (secondary N) is 1. The summed E-state index contributed by atoms with van der Waals surface area (Å²) in [6.07, 6.45) is 0. The fourth-order valence-electron chi connectivity index (χ4n) is 2.31. The predicted molar refractivity (Wildman–Crippen MR) is 68.9 cm³/mol. The van der Waals surface area contributed by atoms with E-state index in [0.29, 0.717) is 12.0 Å². The fraction of sp³-hybridized carbons (Fsp3) is 0.500. The van der Waals surface area contributed by atoms with Crippen LogP contribution in [0.2, 0.25) is 0 Å². The van der Waals surface area contributed by atoms with Gasteiger partial charge in [-0.25, -0.2) is 0 Å². The van der Waals surface area contributed by atoms with Gasteiger partial charge >= 0.3 is 0 Å². The first kappa shape index (κ1) is 10.9. The third kappa shape index (κ3) is 1.79. The van der Waals surface area contributed by atoms with Crippen LogP contribution in [0.5, 0.6) is 0 Å². The van der Waals surface area contributed by atoms with E-state index in [2.05, 4.69) is 51.4 Å². The first-order chi connectivity index (χ1) is 8.27. The Labute approximate surface area is 105 Å². The highest BCUT2D eigenvalue weighted by Crippen LogP contribution is 2.29.